The van der Waals surface area contributed by atoms with E-state index in [0.29, 0.717) is 12.8 Å². The minimum Gasteiger partial charge on any atom is -0.390 e. The Morgan fingerprint density at radius 1 is 1.50 bits per heavy atom. The van der Waals surface area contributed by atoms with Gasteiger partial charge in [-0.3, -0.25) is 0 Å². The zero-order valence-corrected chi connectivity index (χ0v) is 5.39. The topological polar surface area (TPSA) is 40.5 Å². The van der Waals surface area contributed by atoms with Crippen LogP contribution in [-0.4, -0.2) is 15.8 Å². The molecule has 0 bridgehead atoms. The number of rotatable bonds is 3. The van der Waals surface area contributed by atoms with Crippen LogP contribution in [0.4, 0.5) is 0 Å². The van der Waals surface area contributed by atoms with Crippen molar-refractivity contribution in [1.29, 1.82) is 0 Å². The summed E-state index contributed by atoms with van der Waals surface area (Å²) in [5.41, 5.74) is -0.640. The fourth-order valence-electron chi connectivity index (χ4n) is 0.418. The van der Waals surface area contributed by atoms with Gasteiger partial charge >= 0.3 is 0 Å². The fourth-order valence-corrected chi connectivity index (χ4v) is 0.418. The fraction of sp³-hybridized carbons (Fsp3) is 0.833. The van der Waals surface area contributed by atoms with Gasteiger partial charge in [0.1, 0.15) is 0 Å². The van der Waals surface area contributed by atoms with Crippen LogP contribution < -0.4 is 0 Å². The molecule has 2 heteroatoms. The molecule has 0 spiro atoms. The van der Waals surface area contributed by atoms with Crippen molar-refractivity contribution < 1.29 is 10.2 Å². The highest BCUT2D eigenvalue weighted by atomic mass is 16.3. The lowest BCUT2D eigenvalue weighted by Gasteiger charge is -2.14. The molecule has 0 aromatic carbocycles. The number of hydrogen-bond acceptors (Lipinski definition) is 2. The van der Waals surface area contributed by atoms with Crippen LogP contribution in [0.5, 0.6) is 0 Å². The van der Waals surface area contributed by atoms with E-state index in [2.05, 4.69) is 0 Å². The van der Waals surface area contributed by atoms with Gasteiger partial charge < -0.3 is 10.2 Å². The molecule has 1 radical (unpaired) electrons. The summed E-state index contributed by atoms with van der Waals surface area (Å²) in [4.78, 5) is 0. The lowest BCUT2D eigenvalue weighted by Crippen LogP contribution is -2.17. The Balaban J connectivity index is 3.11. The third-order valence-corrected chi connectivity index (χ3v) is 0.885. The first-order valence-corrected chi connectivity index (χ1v) is 2.74. The van der Waals surface area contributed by atoms with Crippen LogP contribution in [0.25, 0.3) is 0 Å². The zero-order chi connectivity index (χ0) is 6.62. The summed E-state index contributed by atoms with van der Waals surface area (Å²) in [6.07, 6.45) is 1.17. The Morgan fingerprint density at radius 2 is 2.00 bits per heavy atom. The minimum absolute atomic E-state index is 0.559. The second kappa shape index (κ2) is 3.05. The zero-order valence-electron chi connectivity index (χ0n) is 5.39. The highest BCUT2D eigenvalue weighted by molar-refractivity contribution is 4.66. The Hall–Kier alpha value is -0.0800. The van der Waals surface area contributed by atoms with E-state index < -0.39 is 5.60 Å². The van der Waals surface area contributed by atoms with E-state index in [1.54, 1.807) is 13.8 Å². The first-order chi connectivity index (χ1) is 3.56. The monoisotopic (exact) mass is 117 g/mol. The third kappa shape index (κ3) is 5.92. The first kappa shape index (κ1) is 7.92. The van der Waals surface area contributed by atoms with E-state index in [-0.39, 0.29) is 0 Å². The predicted octanol–water partition coefficient (Wildman–Crippen LogP) is 1.07. The molecule has 0 saturated heterocycles. The average Bonchev–Trinajstić information content (AvgIpc) is 1.59. The van der Waals surface area contributed by atoms with Crippen molar-refractivity contribution in [2.24, 2.45) is 0 Å². The van der Waals surface area contributed by atoms with Gasteiger partial charge in [-0.15, -0.1) is 0 Å². The number of aliphatic hydroxyl groups excluding tert-OH is 1. The minimum atomic E-state index is -0.640. The highest BCUT2D eigenvalue weighted by Gasteiger charge is 2.10. The van der Waals surface area contributed by atoms with Gasteiger partial charge in [-0.25, -0.2) is 0 Å². The molecule has 0 aliphatic carbocycles. The molecule has 0 aromatic heterocycles. The van der Waals surface area contributed by atoms with Gasteiger partial charge in [0, 0.05) is 0 Å². The molecule has 0 aliphatic heterocycles. The van der Waals surface area contributed by atoms with Gasteiger partial charge in [-0.2, -0.15) is 0 Å². The molecule has 0 unspecified atom stereocenters. The van der Waals surface area contributed by atoms with Crippen LogP contribution in [0.1, 0.15) is 26.7 Å². The number of aliphatic hydroxyl groups is 2. The summed E-state index contributed by atoms with van der Waals surface area (Å²) < 4.78 is 0. The second-order valence-corrected chi connectivity index (χ2v) is 2.53. The Kier molecular flexibility index (Phi) is 3.02. The van der Waals surface area contributed by atoms with Gasteiger partial charge in [0.15, 0.2) is 0 Å². The molecule has 0 aromatic rings. The molecule has 0 atom stereocenters. The average molecular weight is 117 g/mol. The molecular weight excluding hydrogens is 104 g/mol. The Morgan fingerprint density at radius 3 is 2.12 bits per heavy atom. The summed E-state index contributed by atoms with van der Waals surface area (Å²) in [5, 5.41) is 17.2. The summed E-state index contributed by atoms with van der Waals surface area (Å²) >= 11 is 0. The van der Waals surface area contributed by atoms with Crippen molar-refractivity contribution in [2.75, 3.05) is 0 Å². The van der Waals surface area contributed by atoms with E-state index in [9.17, 15) is 0 Å². The van der Waals surface area contributed by atoms with Crippen LogP contribution in [0.3, 0.4) is 0 Å². The summed E-state index contributed by atoms with van der Waals surface area (Å²) in [6, 6.07) is 0. The van der Waals surface area contributed by atoms with Gasteiger partial charge in [0.25, 0.3) is 0 Å². The van der Waals surface area contributed by atoms with Crippen molar-refractivity contribution in [2.45, 2.75) is 32.3 Å². The molecule has 2 N–H and O–H groups in total. The van der Waals surface area contributed by atoms with Crippen LogP contribution in [-0.2, 0) is 0 Å². The lowest BCUT2D eigenvalue weighted by molar-refractivity contribution is 0.0675. The van der Waals surface area contributed by atoms with Gasteiger partial charge in [0.2, 0.25) is 0 Å². The molecule has 0 heterocycles. The second-order valence-electron chi connectivity index (χ2n) is 2.53. The van der Waals surface area contributed by atoms with Crippen molar-refractivity contribution in [3.05, 3.63) is 6.61 Å². The molecule has 8 heavy (non-hydrogen) atoms. The van der Waals surface area contributed by atoms with Crippen molar-refractivity contribution >= 4 is 0 Å². The first-order valence-electron chi connectivity index (χ1n) is 2.74. The molecule has 49 valence electrons. The normalized spacial score (nSPS) is 12.0. The van der Waals surface area contributed by atoms with E-state index in [4.69, 9.17) is 10.2 Å². The lowest BCUT2D eigenvalue weighted by atomic mass is 10.0. The predicted molar refractivity (Wildman–Crippen MR) is 31.8 cm³/mol. The van der Waals surface area contributed by atoms with E-state index in [0.717, 1.165) is 6.61 Å². The van der Waals surface area contributed by atoms with Crippen LogP contribution in [0, 0.1) is 6.61 Å². The van der Waals surface area contributed by atoms with E-state index in [1.807, 2.05) is 0 Å². The quantitative estimate of drug-likeness (QED) is 0.580. The maximum Gasteiger partial charge on any atom is 0.0800 e. The Labute approximate surface area is 50.2 Å². The van der Waals surface area contributed by atoms with E-state index >= 15 is 0 Å². The SMILES string of the molecule is CC(C)(O)CC[CH]O. The molecule has 0 aliphatic rings. The van der Waals surface area contributed by atoms with Crippen LogP contribution in [0.2, 0.25) is 0 Å². The maximum atomic E-state index is 9.02. The molecular formula is C6H13O2. The van der Waals surface area contributed by atoms with Gasteiger partial charge in [-0.1, -0.05) is 0 Å². The summed E-state index contributed by atoms with van der Waals surface area (Å²) in [6.45, 7) is 4.50. The largest absolute Gasteiger partial charge is 0.390 e. The molecule has 0 saturated carbocycles. The van der Waals surface area contributed by atoms with Gasteiger partial charge in [-0.05, 0) is 26.7 Å². The summed E-state index contributed by atoms with van der Waals surface area (Å²) in [5.74, 6) is 0. The van der Waals surface area contributed by atoms with Crippen molar-refractivity contribution in [3.8, 4) is 0 Å². The number of hydrogen-bond donors (Lipinski definition) is 2. The smallest absolute Gasteiger partial charge is 0.0800 e. The Bertz CT molecular complexity index is 54.0. The van der Waals surface area contributed by atoms with Crippen molar-refractivity contribution in [1.82, 2.24) is 0 Å². The maximum absolute atomic E-state index is 9.02. The molecule has 2 nitrogen and oxygen atoms in total. The van der Waals surface area contributed by atoms with E-state index in [1.165, 1.54) is 0 Å². The van der Waals surface area contributed by atoms with Crippen LogP contribution in [0.15, 0.2) is 0 Å². The third-order valence-electron chi connectivity index (χ3n) is 0.885. The van der Waals surface area contributed by atoms with Crippen LogP contribution >= 0.6 is 0 Å². The van der Waals surface area contributed by atoms with Gasteiger partial charge in [0.05, 0.1) is 12.2 Å². The highest BCUT2D eigenvalue weighted by Crippen LogP contribution is 2.09. The van der Waals surface area contributed by atoms with Crippen molar-refractivity contribution in [3.63, 3.8) is 0 Å². The molecule has 0 amide bonds. The molecule has 0 rings (SSSR count). The molecule has 0 fully saturated rings. The summed E-state index contributed by atoms with van der Waals surface area (Å²) in [7, 11) is 0. The standard InChI is InChI=1S/C6H13O2/c1-6(2,8)4-3-5-7/h5,7-8H,3-4H2,1-2H3.